The Balaban J connectivity index is 2.82. The Morgan fingerprint density at radius 1 is 1.54 bits per heavy atom. The first kappa shape index (κ1) is 10.2. The zero-order valence-electron chi connectivity index (χ0n) is 7.26. The average Bonchev–Trinajstić information content (AvgIpc) is 2.02. The molecule has 70 valence electrons. The van der Waals surface area contributed by atoms with Gasteiger partial charge in [0.25, 0.3) is 0 Å². The molecule has 0 heterocycles. The minimum absolute atomic E-state index is 0.287. The molecule has 0 aromatic heterocycles. The number of carbonyl (C=O) groups excluding carboxylic acids is 1. The minimum Gasteiger partial charge on any atom is -0.302 e. The van der Waals surface area contributed by atoms with E-state index in [0.717, 1.165) is 11.1 Å². The molecule has 3 heteroatoms. The van der Waals surface area contributed by atoms with Gasteiger partial charge in [-0.05, 0) is 36.6 Å². The number of aryl methyl sites for hydroxylation is 1. The standard InChI is InChI=1S/C10H10ClFO/c1-7-2-8(4-9(11)6-13)5-10(12)3-7/h2-3,5-6,9H,4H2,1H3. The molecule has 0 fully saturated rings. The predicted molar refractivity (Wildman–Crippen MR) is 50.5 cm³/mol. The molecule has 1 nitrogen and oxygen atoms in total. The zero-order chi connectivity index (χ0) is 9.84. The molecule has 0 aliphatic heterocycles. The van der Waals surface area contributed by atoms with E-state index in [1.165, 1.54) is 12.1 Å². The number of aldehydes is 1. The fraction of sp³-hybridized carbons (Fsp3) is 0.300. The van der Waals surface area contributed by atoms with Crippen LogP contribution in [-0.4, -0.2) is 11.7 Å². The van der Waals surface area contributed by atoms with E-state index in [9.17, 15) is 9.18 Å². The summed E-state index contributed by atoms with van der Waals surface area (Å²) in [5.74, 6) is -0.287. The maximum atomic E-state index is 12.9. The highest BCUT2D eigenvalue weighted by Crippen LogP contribution is 2.11. The van der Waals surface area contributed by atoms with Crippen LogP contribution >= 0.6 is 11.6 Å². The van der Waals surface area contributed by atoms with Crippen LogP contribution in [0.5, 0.6) is 0 Å². The van der Waals surface area contributed by atoms with Gasteiger partial charge in [0.1, 0.15) is 12.1 Å². The molecule has 0 N–H and O–H groups in total. The fourth-order valence-electron chi connectivity index (χ4n) is 1.20. The van der Waals surface area contributed by atoms with Gasteiger partial charge in [0.2, 0.25) is 0 Å². The van der Waals surface area contributed by atoms with Crippen molar-refractivity contribution in [1.29, 1.82) is 0 Å². The Morgan fingerprint density at radius 3 is 2.77 bits per heavy atom. The maximum Gasteiger partial charge on any atom is 0.138 e. The molecule has 0 aliphatic rings. The van der Waals surface area contributed by atoms with Gasteiger partial charge in [-0.2, -0.15) is 0 Å². The first-order valence-corrected chi connectivity index (χ1v) is 4.41. The summed E-state index contributed by atoms with van der Waals surface area (Å²) >= 11 is 5.61. The summed E-state index contributed by atoms with van der Waals surface area (Å²) in [6.07, 6.45) is 1.03. The highest BCUT2D eigenvalue weighted by atomic mass is 35.5. The quantitative estimate of drug-likeness (QED) is 0.541. The first-order valence-electron chi connectivity index (χ1n) is 3.97. The van der Waals surface area contributed by atoms with E-state index < -0.39 is 5.38 Å². The van der Waals surface area contributed by atoms with Crippen molar-refractivity contribution >= 4 is 17.9 Å². The smallest absolute Gasteiger partial charge is 0.138 e. The summed E-state index contributed by atoms with van der Waals surface area (Å²) in [5, 5.41) is -0.568. The highest BCUT2D eigenvalue weighted by molar-refractivity contribution is 6.27. The normalized spacial score (nSPS) is 12.5. The monoisotopic (exact) mass is 200 g/mol. The van der Waals surface area contributed by atoms with Gasteiger partial charge in [0, 0.05) is 0 Å². The fourth-order valence-corrected chi connectivity index (χ4v) is 1.38. The molecule has 0 spiro atoms. The van der Waals surface area contributed by atoms with E-state index in [1.807, 2.05) is 6.07 Å². The first-order chi connectivity index (χ1) is 6.11. The van der Waals surface area contributed by atoms with Gasteiger partial charge in [-0.25, -0.2) is 4.39 Å². The number of halogens is 2. The van der Waals surface area contributed by atoms with Crippen molar-refractivity contribution in [3.05, 3.63) is 35.1 Å². The van der Waals surface area contributed by atoms with Crippen LogP contribution in [0.3, 0.4) is 0 Å². The van der Waals surface area contributed by atoms with Crippen LogP contribution in [0.4, 0.5) is 4.39 Å². The molecule has 0 saturated carbocycles. The Kier molecular flexibility index (Phi) is 3.43. The van der Waals surface area contributed by atoms with Crippen molar-refractivity contribution < 1.29 is 9.18 Å². The van der Waals surface area contributed by atoms with Crippen molar-refractivity contribution in [3.8, 4) is 0 Å². The molecular formula is C10H10ClFO. The summed E-state index contributed by atoms with van der Waals surface area (Å²) in [6, 6.07) is 4.65. The topological polar surface area (TPSA) is 17.1 Å². The Morgan fingerprint density at radius 2 is 2.23 bits per heavy atom. The largest absolute Gasteiger partial charge is 0.302 e. The van der Waals surface area contributed by atoms with E-state index in [-0.39, 0.29) is 5.82 Å². The summed E-state index contributed by atoms with van der Waals surface area (Å²) in [5.41, 5.74) is 1.59. The molecule has 1 rings (SSSR count). The number of hydrogen-bond acceptors (Lipinski definition) is 1. The second kappa shape index (κ2) is 4.38. The van der Waals surface area contributed by atoms with Gasteiger partial charge >= 0.3 is 0 Å². The average molecular weight is 201 g/mol. The van der Waals surface area contributed by atoms with Crippen LogP contribution < -0.4 is 0 Å². The number of hydrogen-bond donors (Lipinski definition) is 0. The van der Waals surface area contributed by atoms with Crippen LogP contribution in [0.25, 0.3) is 0 Å². The molecular weight excluding hydrogens is 191 g/mol. The molecule has 0 aliphatic carbocycles. The Bertz CT molecular complexity index is 292. The van der Waals surface area contributed by atoms with E-state index in [2.05, 4.69) is 0 Å². The van der Waals surface area contributed by atoms with Crippen molar-refractivity contribution in [2.75, 3.05) is 0 Å². The summed E-state index contributed by atoms with van der Waals surface area (Å²) in [7, 11) is 0. The molecule has 0 saturated heterocycles. The van der Waals surface area contributed by atoms with Crippen LogP contribution in [0, 0.1) is 12.7 Å². The third kappa shape index (κ3) is 3.15. The maximum absolute atomic E-state index is 12.9. The van der Waals surface area contributed by atoms with Gasteiger partial charge in [-0.1, -0.05) is 6.07 Å². The second-order valence-corrected chi connectivity index (χ2v) is 3.55. The lowest BCUT2D eigenvalue weighted by Gasteiger charge is -2.03. The molecule has 0 amide bonds. The van der Waals surface area contributed by atoms with Crippen LogP contribution in [0.2, 0.25) is 0 Å². The van der Waals surface area contributed by atoms with Gasteiger partial charge in [0.05, 0.1) is 5.38 Å². The molecule has 13 heavy (non-hydrogen) atoms. The molecule has 0 bridgehead atoms. The molecule has 1 atom stereocenters. The zero-order valence-corrected chi connectivity index (χ0v) is 8.01. The van der Waals surface area contributed by atoms with Crippen molar-refractivity contribution in [1.82, 2.24) is 0 Å². The highest BCUT2D eigenvalue weighted by Gasteiger charge is 2.05. The lowest BCUT2D eigenvalue weighted by Crippen LogP contribution is -2.04. The van der Waals surface area contributed by atoms with Crippen molar-refractivity contribution in [3.63, 3.8) is 0 Å². The molecule has 0 radical (unpaired) electrons. The van der Waals surface area contributed by atoms with Gasteiger partial charge in [0.15, 0.2) is 0 Å². The van der Waals surface area contributed by atoms with Crippen molar-refractivity contribution in [2.45, 2.75) is 18.7 Å². The summed E-state index contributed by atoms with van der Waals surface area (Å²) in [6.45, 7) is 1.80. The Hall–Kier alpha value is -0.890. The van der Waals surface area contributed by atoms with E-state index in [0.29, 0.717) is 12.7 Å². The summed E-state index contributed by atoms with van der Waals surface area (Å²) < 4.78 is 12.9. The van der Waals surface area contributed by atoms with E-state index in [4.69, 9.17) is 11.6 Å². The minimum atomic E-state index is -0.568. The Labute approximate surface area is 81.5 Å². The predicted octanol–water partition coefficient (Wildman–Crippen LogP) is 2.48. The number of rotatable bonds is 3. The molecule has 1 aromatic carbocycles. The number of carbonyl (C=O) groups is 1. The van der Waals surface area contributed by atoms with Gasteiger partial charge in [-0.15, -0.1) is 11.6 Å². The SMILES string of the molecule is Cc1cc(F)cc(CC(Cl)C=O)c1. The number of alkyl halides is 1. The molecule has 1 unspecified atom stereocenters. The lowest BCUT2D eigenvalue weighted by atomic mass is 10.1. The lowest BCUT2D eigenvalue weighted by molar-refractivity contribution is -0.107. The van der Waals surface area contributed by atoms with Crippen LogP contribution in [-0.2, 0) is 11.2 Å². The van der Waals surface area contributed by atoms with E-state index >= 15 is 0 Å². The van der Waals surface area contributed by atoms with Crippen LogP contribution in [0.1, 0.15) is 11.1 Å². The van der Waals surface area contributed by atoms with Gasteiger partial charge in [-0.3, -0.25) is 0 Å². The van der Waals surface area contributed by atoms with E-state index in [1.54, 1.807) is 6.92 Å². The van der Waals surface area contributed by atoms with Gasteiger partial charge < -0.3 is 4.79 Å². The molecule has 1 aromatic rings. The van der Waals surface area contributed by atoms with Crippen LogP contribution in [0.15, 0.2) is 18.2 Å². The third-order valence-electron chi connectivity index (χ3n) is 1.68. The van der Waals surface area contributed by atoms with Crippen molar-refractivity contribution in [2.24, 2.45) is 0 Å². The summed E-state index contributed by atoms with van der Waals surface area (Å²) in [4.78, 5) is 10.3. The second-order valence-electron chi connectivity index (χ2n) is 2.99. The number of benzene rings is 1. The third-order valence-corrected chi connectivity index (χ3v) is 1.94.